The molecule has 0 aromatic heterocycles. The molecule has 0 aliphatic rings. The lowest BCUT2D eigenvalue weighted by Gasteiger charge is -1.76. The maximum absolute atomic E-state index is 3.61. The van der Waals surface area contributed by atoms with Crippen molar-refractivity contribution in [3.63, 3.8) is 0 Å². The van der Waals surface area contributed by atoms with Crippen LogP contribution in [0.4, 0.5) is 0 Å². The summed E-state index contributed by atoms with van der Waals surface area (Å²) in [5.74, 6) is 0. The van der Waals surface area contributed by atoms with Gasteiger partial charge in [0.25, 0.3) is 0 Å². The highest BCUT2D eigenvalue weighted by Gasteiger charge is 1.65. The molecule has 0 nitrogen and oxygen atoms in total. The van der Waals surface area contributed by atoms with Gasteiger partial charge in [0.2, 0.25) is 0 Å². The molecule has 0 spiro atoms. The largest absolute Gasteiger partial charge is 0.0991 e. The first-order valence-corrected chi connectivity index (χ1v) is 8.99. The quantitative estimate of drug-likeness (QED) is 0.313. The van der Waals surface area contributed by atoms with E-state index >= 15 is 0 Å². The van der Waals surface area contributed by atoms with Crippen molar-refractivity contribution in [3.8, 4) is 0 Å². The Labute approximate surface area is 165 Å². The predicted octanol–water partition coefficient (Wildman–Crippen LogP) is 7.87. The topological polar surface area (TPSA) is 0 Å². The molecule has 0 saturated heterocycles. The smallest absolute Gasteiger partial charge is 0.0467 e. The van der Waals surface area contributed by atoms with Crippen LogP contribution in [0.25, 0.3) is 0 Å². The molecule has 0 aromatic carbocycles. The Morgan fingerprint density at radius 1 is 0.296 bits per heavy atom. The van der Waals surface area contributed by atoms with E-state index in [2.05, 4.69) is 6.58 Å². The van der Waals surface area contributed by atoms with Gasteiger partial charge >= 0.3 is 0 Å². The molecule has 0 aromatic rings. The van der Waals surface area contributed by atoms with Crippen molar-refractivity contribution < 1.29 is 0 Å². The van der Waals surface area contributed by atoms with Gasteiger partial charge in [-0.05, 0) is 6.92 Å². The van der Waals surface area contributed by atoms with Crippen LogP contribution in [0, 0.1) is 0 Å². The lowest BCUT2D eigenvalue weighted by atomic mass is 10.3. The van der Waals surface area contributed by atoms with Crippen molar-refractivity contribution in [2.24, 2.45) is 0 Å². The van der Waals surface area contributed by atoms with Gasteiger partial charge in [-0.3, -0.25) is 0 Å². The average Bonchev–Trinajstić information content (AvgIpc) is 2.68. The molecule has 0 aliphatic heterocycles. The normalized spacial score (nSPS) is 14.7. The van der Waals surface area contributed by atoms with E-state index in [0.717, 1.165) is 0 Å². The third-order valence-electron chi connectivity index (χ3n) is 2.77. The van der Waals surface area contributed by atoms with Crippen LogP contribution in [0.2, 0.25) is 0 Å². The SMILES string of the molecule is C=C/C=C/C=C/C=C/C=C/C=C/C=C/C=C/C=C/C=C/C=C/C=C/C=C/C. The molecule has 0 fully saturated rings. The summed E-state index contributed by atoms with van der Waals surface area (Å²) in [6, 6.07) is 0. The summed E-state index contributed by atoms with van der Waals surface area (Å²) >= 11 is 0. The van der Waals surface area contributed by atoms with Gasteiger partial charge in [-0.1, -0.05) is 158 Å². The Bertz CT molecular complexity index is 703. The fourth-order valence-electron chi connectivity index (χ4n) is 1.54. The first kappa shape index (κ1) is 23.6. The fourth-order valence-corrected chi connectivity index (χ4v) is 1.54. The van der Waals surface area contributed by atoms with Crippen molar-refractivity contribution in [3.05, 3.63) is 158 Å². The third kappa shape index (κ3) is 22.6. The van der Waals surface area contributed by atoms with E-state index < -0.39 is 0 Å². The number of hydrogen-bond donors (Lipinski definition) is 0. The second-order valence-corrected chi connectivity index (χ2v) is 5.00. The average molecular weight is 355 g/mol. The molecule has 0 N–H and O–H groups in total. The van der Waals surface area contributed by atoms with Gasteiger partial charge in [0, 0.05) is 0 Å². The second-order valence-electron chi connectivity index (χ2n) is 5.00. The van der Waals surface area contributed by atoms with E-state index in [1.807, 2.05) is 153 Å². The zero-order chi connectivity index (χ0) is 19.7. The summed E-state index contributed by atoms with van der Waals surface area (Å²) in [5, 5.41) is 0. The maximum atomic E-state index is 3.61. The monoisotopic (exact) mass is 354 g/mol. The van der Waals surface area contributed by atoms with Crippen molar-refractivity contribution in [2.45, 2.75) is 6.92 Å². The number of rotatable bonds is 12. The highest BCUT2D eigenvalue weighted by molar-refractivity contribution is 5.23. The summed E-state index contributed by atoms with van der Waals surface area (Å²) in [6.07, 6.45) is 49.4. The van der Waals surface area contributed by atoms with Gasteiger partial charge in [0.1, 0.15) is 0 Å². The van der Waals surface area contributed by atoms with E-state index in [9.17, 15) is 0 Å². The Kier molecular flexibility index (Phi) is 19.8. The summed E-state index contributed by atoms with van der Waals surface area (Å²) in [4.78, 5) is 0. The Morgan fingerprint density at radius 2 is 0.481 bits per heavy atom. The van der Waals surface area contributed by atoms with Crippen molar-refractivity contribution in [2.75, 3.05) is 0 Å². The van der Waals surface area contributed by atoms with Crippen LogP contribution in [-0.2, 0) is 0 Å². The van der Waals surface area contributed by atoms with Crippen LogP contribution in [0.5, 0.6) is 0 Å². The van der Waals surface area contributed by atoms with Gasteiger partial charge in [0.05, 0.1) is 0 Å². The molecule has 0 atom stereocenters. The van der Waals surface area contributed by atoms with E-state index in [1.165, 1.54) is 0 Å². The van der Waals surface area contributed by atoms with E-state index in [0.29, 0.717) is 0 Å². The minimum atomic E-state index is 1.75. The summed E-state index contributed by atoms with van der Waals surface area (Å²) in [5.41, 5.74) is 0. The predicted molar refractivity (Wildman–Crippen MR) is 126 cm³/mol. The molecule has 0 amide bonds. The van der Waals surface area contributed by atoms with Crippen molar-refractivity contribution in [1.29, 1.82) is 0 Å². The van der Waals surface area contributed by atoms with Crippen molar-refractivity contribution >= 4 is 0 Å². The highest BCUT2D eigenvalue weighted by atomic mass is 13.7. The molecule has 0 saturated carbocycles. The van der Waals surface area contributed by atoms with Gasteiger partial charge < -0.3 is 0 Å². The molecule has 0 rings (SSSR count). The molecule has 0 aliphatic carbocycles. The zero-order valence-electron chi connectivity index (χ0n) is 16.1. The van der Waals surface area contributed by atoms with Crippen LogP contribution in [0.15, 0.2) is 158 Å². The van der Waals surface area contributed by atoms with Crippen LogP contribution >= 0.6 is 0 Å². The van der Waals surface area contributed by atoms with Gasteiger partial charge in [-0.15, -0.1) is 0 Å². The summed E-state index contributed by atoms with van der Waals surface area (Å²) in [6.45, 7) is 5.61. The second kappa shape index (κ2) is 22.6. The standard InChI is InChI=1S/C27H30/c1-3-5-7-9-11-13-15-17-19-21-23-25-27-26-24-22-20-18-16-14-12-10-8-6-4-2/h3-27H,1H2,2H3/b6-4+,7-5+,10-8+,11-9+,14-12+,15-13+,18-16+,19-17+,22-20+,23-21+,26-24+,27-25+. The highest BCUT2D eigenvalue weighted by Crippen LogP contribution is 1.87. The minimum absolute atomic E-state index is 1.75. The molecule has 0 unspecified atom stereocenters. The van der Waals surface area contributed by atoms with Crippen molar-refractivity contribution in [1.82, 2.24) is 0 Å². The first-order valence-electron chi connectivity index (χ1n) is 8.99. The van der Waals surface area contributed by atoms with Gasteiger partial charge in [-0.2, -0.15) is 0 Å². The zero-order valence-corrected chi connectivity index (χ0v) is 16.1. The maximum Gasteiger partial charge on any atom is -0.0467 e. The van der Waals surface area contributed by atoms with Crippen LogP contribution in [0.3, 0.4) is 0 Å². The van der Waals surface area contributed by atoms with Crippen LogP contribution in [-0.4, -0.2) is 0 Å². The molecule has 27 heavy (non-hydrogen) atoms. The molecule has 0 radical (unpaired) electrons. The van der Waals surface area contributed by atoms with Crippen LogP contribution in [0.1, 0.15) is 6.92 Å². The minimum Gasteiger partial charge on any atom is -0.0991 e. The fraction of sp³-hybridized carbons (Fsp3) is 0.0370. The first-order chi connectivity index (χ1) is 13.4. The van der Waals surface area contributed by atoms with Gasteiger partial charge in [0.15, 0.2) is 0 Å². The summed E-state index contributed by atoms with van der Waals surface area (Å²) in [7, 11) is 0. The van der Waals surface area contributed by atoms with E-state index in [-0.39, 0.29) is 0 Å². The Balaban J connectivity index is 3.94. The lowest BCUT2D eigenvalue weighted by molar-refractivity contribution is 1.73. The number of allylic oxidation sites excluding steroid dienone is 25. The molecule has 0 heterocycles. The molecular weight excluding hydrogens is 324 g/mol. The number of hydrogen-bond acceptors (Lipinski definition) is 0. The van der Waals surface area contributed by atoms with Gasteiger partial charge in [-0.25, -0.2) is 0 Å². The molecule has 0 heteroatoms. The Hall–Kier alpha value is -3.38. The lowest BCUT2D eigenvalue weighted by Crippen LogP contribution is -1.54. The molecule has 0 bridgehead atoms. The third-order valence-corrected chi connectivity index (χ3v) is 2.77. The molecular formula is C27H30. The van der Waals surface area contributed by atoms with Crippen LogP contribution < -0.4 is 0 Å². The van der Waals surface area contributed by atoms with E-state index in [1.54, 1.807) is 6.08 Å². The Morgan fingerprint density at radius 3 is 0.667 bits per heavy atom. The summed E-state index contributed by atoms with van der Waals surface area (Å²) < 4.78 is 0. The molecule has 138 valence electrons. The van der Waals surface area contributed by atoms with E-state index in [4.69, 9.17) is 0 Å².